The first-order valence-electron chi connectivity index (χ1n) is 9.58. The van der Waals surface area contributed by atoms with Crippen LogP contribution in [0.15, 0.2) is 54.6 Å². The number of amides is 2. The molecule has 1 aromatic heterocycles. The highest BCUT2D eigenvalue weighted by molar-refractivity contribution is 7.17. The van der Waals surface area contributed by atoms with Crippen LogP contribution in [0.1, 0.15) is 32.8 Å². The van der Waals surface area contributed by atoms with E-state index in [9.17, 15) is 9.59 Å². The summed E-state index contributed by atoms with van der Waals surface area (Å²) in [4.78, 5) is 26.9. The number of carbonyl (C=O) groups excluding carboxylic acids is 2. The van der Waals surface area contributed by atoms with Crippen molar-refractivity contribution in [2.24, 2.45) is 0 Å². The number of rotatable bonds is 6. The lowest BCUT2D eigenvalue weighted by molar-refractivity contribution is -0.115. The van der Waals surface area contributed by atoms with Crippen molar-refractivity contribution in [3.05, 3.63) is 76.2 Å². The molecule has 0 saturated carbocycles. The minimum atomic E-state index is -0.219. The number of fused-ring (bicyclic) bond motifs is 1. The highest BCUT2D eigenvalue weighted by atomic mass is 32.1. The van der Waals surface area contributed by atoms with Gasteiger partial charge in [0.1, 0.15) is 10.8 Å². The van der Waals surface area contributed by atoms with Gasteiger partial charge in [-0.15, -0.1) is 11.3 Å². The molecule has 29 heavy (non-hydrogen) atoms. The summed E-state index contributed by atoms with van der Waals surface area (Å²) >= 11 is 1.51. The summed E-state index contributed by atoms with van der Waals surface area (Å²) in [5.74, 6) is 0.258. The number of thiophene rings is 1. The third-order valence-corrected chi connectivity index (χ3v) is 6.17. The Balaban J connectivity index is 1.58. The molecule has 1 heterocycles. The van der Waals surface area contributed by atoms with E-state index >= 15 is 0 Å². The van der Waals surface area contributed by atoms with Crippen LogP contribution in [-0.2, 0) is 24.1 Å². The molecule has 0 aliphatic heterocycles. The molecular weight excluding hydrogens is 384 g/mol. The Morgan fingerprint density at radius 1 is 1.00 bits per heavy atom. The fourth-order valence-electron chi connectivity index (χ4n) is 3.62. The van der Waals surface area contributed by atoms with Crippen molar-refractivity contribution in [1.29, 1.82) is 0 Å². The van der Waals surface area contributed by atoms with E-state index in [0.717, 1.165) is 30.4 Å². The lowest BCUT2D eigenvalue weighted by Crippen LogP contribution is -2.19. The molecule has 2 amide bonds. The Morgan fingerprint density at radius 3 is 2.55 bits per heavy atom. The second-order valence-electron chi connectivity index (χ2n) is 6.93. The summed E-state index contributed by atoms with van der Waals surface area (Å²) in [5, 5.41) is 6.55. The van der Waals surface area contributed by atoms with Gasteiger partial charge in [0.15, 0.2) is 0 Å². The summed E-state index contributed by atoms with van der Waals surface area (Å²) in [7, 11) is 1.57. The molecule has 1 aliphatic carbocycles. The van der Waals surface area contributed by atoms with Crippen molar-refractivity contribution in [1.82, 2.24) is 0 Å². The highest BCUT2D eigenvalue weighted by Gasteiger charge is 2.28. The number of hydrogen-bond donors (Lipinski definition) is 2. The van der Waals surface area contributed by atoms with Crippen LogP contribution in [0, 0.1) is 0 Å². The number of para-hydroxylation sites is 2. The number of methoxy groups -OCH3 is 1. The molecular formula is C23H22N2O3S. The van der Waals surface area contributed by atoms with E-state index in [-0.39, 0.29) is 18.2 Å². The highest BCUT2D eigenvalue weighted by Crippen LogP contribution is 2.40. The van der Waals surface area contributed by atoms with Crippen LogP contribution >= 0.6 is 11.3 Å². The minimum absolute atomic E-state index is 0.123. The zero-order valence-electron chi connectivity index (χ0n) is 16.2. The normalized spacial score (nSPS) is 12.3. The third-order valence-electron chi connectivity index (χ3n) is 4.96. The van der Waals surface area contributed by atoms with E-state index in [1.165, 1.54) is 16.2 Å². The van der Waals surface area contributed by atoms with Crippen LogP contribution in [0.25, 0.3) is 0 Å². The topological polar surface area (TPSA) is 67.4 Å². The SMILES string of the molecule is COc1ccccc1NC(=O)c1c(NC(=O)Cc2ccccc2)sc2c1CCC2. The Labute approximate surface area is 173 Å². The van der Waals surface area contributed by atoms with E-state index in [0.29, 0.717) is 22.0 Å². The lowest BCUT2D eigenvalue weighted by Gasteiger charge is -2.12. The molecule has 2 aromatic carbocycles. The van der Waals surface area contributed by atoms with E-state index in [2.05, 4.69) is 10.6 Å². The van der Waals surface area contributed by atoms with Gasteiger partial charge in [0.2, 0.25) is 5.91 Å². The Hall–Kier alpha value is -3.12. The van der Waals surface area contributed by atoms with Crippen molar-refractivity contribution < 1.29 is 14.3 Å². The summed E-state index contributed by atoms with van der Waals surface area (Å²) in [6, 6.07) is 16.9. The van der Waals surface area contributed by atoms with Crippen LogP contribution in [0.5, 0.6) is 5.75 Å². The molecule has 4 rings (SSSR count). The fraction of sp³-hybridized carbons (Fsp3) is 0.217. The van der Waals surface area contributed by atoms with Crippen LogP contribution in [0.4, 0.5) is 10.7 Å². The lowest BCUT2D eigenvalue weighted by atomic mass is 10.1. The Bertz CT molecular complexity index is 1040. The third kappa shape index (κ3) is 4.17. The van der Waals surface area contributed by atoms with Gasteiger partial charge in [0.25, 0.3) is 5.91 Å². The quantitative estimate of drug-likeness (QED) is 0.625. The molecule has 1 aliphatic rings. The van der Waals surface area contributed by atoms with Gasteiger partial charge in [0, 0.05) is 4.88 Å². The second kappa shape index (κ2) is 8.49. The minimum Gasteiger partial charge on any atom is -0.495 e. The van der Waals surface area contributed by atoms with E-state index in [1.807, 2.05) is 42.5 Å². The zero-order valence-corrected chi connectivity index (χ0v) is 17.0. The zero-order chi connectivity index (χ0) is 20.2. The number of nitrogens with one attached hydrogen (secondary N) is 2. The number of ether oxygens (including phenoxy) is 1. The van der Waals surface area contributed by atoms with E-state index < -0.39 is 0 Å². The maximum atomic E-state index is 13.2. The van der Waals surface area contributed by atoms with Crippen molar-refractivity contribution in [2.45, 2.75) is 25.7 Å². The molecule has 0 radical (unpaired) electrons. The number of aryl methyl sites for hydroxylation is 1. The first-order chi connectivity index (χ1) is 14.2. The molecule has 0 saturated heterocycles. The number of benzene rings is 2. The van der Waals surface area contributed by atoms with Gasteiger partial charge in [-0.2, -0.15) is 0 Å². The number of carbonyl (C=O) groups is 2. The van der Waals surface area contributed by atoms with Crippen molar-refractivity contribution >= 4 is 33.8 Å². The van der Waals surface area contributed by atoms with Gasteiger partial charge in [0.05, 0.1) is 24.8 Å². The predicted molar refractivity (Wildman–Crippen MR) is 116 cm³/mol. The molecule has 5 nitrogen and oxygen atoms in total. The number of hydrogen-bond acceptors (Lipinski definition) is 4. The molecule has 6 heteroatoms. The Kier molecular flexibility index (Phi) is 5.62. The first kappa shape index (κ1) is 19.2. The summed E-state index contributed by atoms with van der Waals surface area (Å²) < 4.78 is 5.34. The molecule has 3 aromatic rings. The first-order valence-corrected chi connectivity index (χ1v) is 10.4. The van der Waals surface area contributed by atoms with Gasteiger partial charge in [-0.05, 0) is 42.5 Å². The van der Waals surface area contributed by atoms with Crippen LogP contribution in [0.3, 0.4) is 0 Å². The average molecular weight is 407 g/mol. The Morgan fingerprint density at radius 2 is 1.76 bits per heavy atom. The summed E-state index contributed by atoms with van der Waals surface area (Å²) in [6.45, 7) is 0. The summed E-state index contributed by atoms with van der Waals surface area (Å²) in [6.07, 6.45) is 3.11. The van der Waals surface area contributed by atoms with Crippen molar-refractivity contribution in [2.75, 3.05) is 17.7 Å². The molecule has 0 unspecified atom stereocenters. The maximum Gasteiger partial charge on any atom is 0.259 e. The molecule has 0 spiro atoms. The van der Waals surface area contributed by atoms with Gasteiger partial charge >= 0.3 is 0 Å². The van der Waals surface area contributed by atoms with E-state index in [4.69, 9.17) is 4.74 Å². The second-order valence-corrected chi connectivity index (χ2v) is 8.03. The standard InChI is InChI=1S/C23H22N2O3S/c1-28-18-12-6-5-11-17(18)24-22(27)21-16-10-7-13-19(16)29-23(21)25-20(26)14-15-8-3-2-4-9-15/h2-6,8-9,11-12H,7,10,13-14H2,1H3,(H,24,27)(H,25,26). The molecule has 2 N–H and O–H groups in total. The van der Waals surface area contributed by atoms with Crippen LogP contribution < -0.4 is 15.4 Å². The van der Waals surface area contributed by atoms with Crippen LogP contribution in [0.2, 0.25) is 0 Å². The molecule has 0 bridgehead atoms. The van der Waals surface area contributed by atoms with Crippen LogP contribution in [-0.4, -0.2) is 18.9 Å². The number of anilines is 2. The largest absolute Gasteiger partial charge is 0.495 e. The summed E-state index contributed by atoms with van der Waals surface area (Å²) in [5.41, 5.74) is 3.18. The molecule has 148 valence electrons. The smallest absolute Gasteiger partial charge is 0.259 e. The van der Waals surface area contributed by atoms with Gasteiger partial charge in [-0.1, -0.05) is 42.5 Å². The molecule has 0 fully saturated rings. The van der Waals surface area contributed by atoms with E-state index in [1.54, 1.807) is 19.2 Å². The van der Waals surface area contributed by atoms with Gasteiger partial charge < -0.3 is 15.4 Å². The molecule has 0 atom stereocenters. The van der Waals surface area contributed by atoms with Gasteiger partial charge in [-0.3, -0.25) is 9.59 Å². The van der Waals surface area contributed by atoms with Crippen molar-refractivity contribution in [3.8, 4) is 5.75 Å². The van der Waals surface area contributed by atoms with Gasteiger partial charge in [-0.25, -0.2) is 0 Å². The predicted octanol–water partition coefficient (Wildman–Crippen LogP) is 4.68. The fourth-order valence-corrected chi connectivity index (χ4v) is 4.92. The van der Waals surface area contributed by atoms with Crippen molar-refractivity contribution in [3.63, 3.8) is 0 Å². The average Bonchev–Trinajstić information content (AvgIpc) is 3.29. The monoisotopic (exact) mass is 406 g/mol. The maximum absolute atomic E-state index is 13.2.